The maximum absolute atomic E-state index is 12.2. The molecule has 0 aliphatic carbocycles. The summed E-state index contributed by atoms with van der Waals surface area (Å²) in [7, 11) is 4.00. The fourth-order valence-corrected chi connectivity index (χ4v) is 3.13. The second kappa shape index (κ2) is 4.68. The van der Waals surface area contributed by atoms with E-state index < -0.39 is 0 Å². The quantitative estimate of drug-likeness (QED) is 0.914. The molecule has 1 aliphatic rings. The van der Waals surface area contributed by atoms with Gasteiger partial charge in [0.1, 0.15) is 0 Å². The van der Waals surface area contributed by atoms with E-state index in [9.17, 15) is 4.79 Å². The number of fused-ring (bicyclic) bond motifs is 2. The van der Waals surface area contributed by atoms with Crippen molar-refractivity contribution in [1.82, 2.24) is 4.90 Å². The fourth-order valence-electron chi connectivity index (χ4n) is 2.00. The van der Waals surface area contributed by atoms with E-state index in [1.807, 2.05) is 44.4 Å². The normalized spacial score (nSPS) is 13.3. The first kappa shape index (κ1) is 12.2. The van der Waals surface area contributed by atoms with Crippen LogP contribution in [0.25, 0.3) is 0 Å². The van der Waals surface area contributed by atoms with Crippen LogP contribution in [0.2, 0.25) is 0 Å². The van der Waals surface area contributed by atoms with E-state index in [0.717, 1.165) is 11.4 Å². The first-order valence-electron chi connectivity index (χ1n) is 5.99. The van der Waals surface area contributed by atoms with Crippen molar-refractivity contribution in [3.05, 3.63) is 40.8 Å². The van der Waals surface area contributed by atoms with Gasteiger partial charge < -0.3 is 15.0 Å². The van der Waals surface area contributed by atoms with Gasteiger partial charge in [0.15, 0.2) is 10.8 Å². The summed E-state index contributed by atoms with van der Waals surface area (Å²) in [5, 5.41) is 3.54. The lowest BCUT2D eigenvalue weighted by molar-refractivity contribution is 0.102. The molecule has 0 fully saturated rings. The number of nitrogens with one attached hydrogen (secondary N) is 1. The number of hydrogen-bond donors (Lipinski definition) is 1. The van der Waals surface area contributed by atoms with E-state index in [0.29, 0.717) is 22.1 Å². The summed E-state index contributed by atoms with van der Waals surface area (Å²) in [6, 6.07) is 9.37. The molecular weight excluding hydrogens is 260 g/mol. The van der Waals surface area contributed by atoms with Crippen molar-refractivity contribution in [2.24, 2.45) is 0 Å². The molecule has 5 heteroatoms. The Bertz CT molecular complexity index is 634. The van der Waals surface area contributed by atoms with Crippen molar-refractivity contribution >= 4 is 22.9 Å². The summed E-state index contributed by atoms with van der Waals surface area (Å²) in [5.74, 6) is 0.578. The zero-order chi connectivity index (χ0) is 13.4. The first-order valence-corrected chi connectivity index (χ1v) is 6.81. The van der Waals surface area contributed by atoms with Gasteiger partial charge in [-0.25, -0.2) is 0 Å². The van der Waals surface area contributed by atoms with E-state index in [1.165, 1.54) is 11.3 Å². The summed E-state index contributed by atoms with van der Waals surface area (Å²) in [4.78, 5) is 15.4. The molecule has 0 unspecified atom stereocenters. The van der Waals surface area contributed by atoms with Gasteiger partial charge in [0.05, 0.1) is 11.3 Å². The SMILES string of the molecule is CN(C)Cc1cc2c(s1)Oc1ccccc1NC2=O. The number of benzene rings is 1. The van der Waals surface area contributed by atoms with E-state index >= 15 is 0 Å². The van der Waals surface area contributed by atoms with Crippen LogP contribution < -0.4 is 10.1 Å². The Labute approximate surface area is 115 Å². The Kier molecular flexibility index (Phi) is 3.00. The smallest absolute Gasteiger partial charge is 0.260 e. The Balaban J connectivity index is 2.01. The monoisotopic (exact) mass is 274 g/mol. The van der Waals surface area contributed by atoms with Crippen LogP contribution in [0.1, 0.15) is 15.2 Å². The molecular formula is C14H14N2O2S. The fraction of sp³-hybridized carbons (Fsp3) is 0.214. The van der Waals surface area contributed by atoms with Crippen LogP contribution in [-0.2, 0) is 6.54 Å². The number of hydrogen-bond acceptors (Lipinski definition) is 4. The number of amides is 1. The standard InChI is InChI=1S/C14H14N2O2S/c1-16(2)8-9-7-10-13(17)15-11-5-3-4-6-12(11)18-14(10)19-9/h3-7H,8H2,1-2H3,(H,15,17). The average Bonchev–Trinajstić information content (AvgIpc) is 2.68. The minimum atomic E-state index is -0.110. The number of carbonyl (C=O) groups is 1. The minimum absolute atomic E-state index is 0.110. The van der Waals surface area contributed by atoms with Gasteiger partial charge in [-0.05, 0) is 32.3 Å². The number of ether oxygens (including phenoxy) is 1. The van der Waals surface area contributed by atoms with Gasteiger partial charge in [-0.15, -0.1) is 11.3 Å². The van der Waals surface area contributed by atoms with Gasteiger partial charge in [-0.1, -0.05) is 12.1 Å². The molecule has 1 amide bonds. The van der Waals surface area contributed by atoms with E-state index in [2.05, 4.69) is 10.2 Å². The molecule has 0 atom stereocenters. The van der Waals surface area contributed by atoms with Crippen molar-refractivity contribution in [3.8, 4) is 10.8 Å². The van der Waals surface area contributed by atoms with E-state index in [4.69, 9.17) is 4.74 Å². The first-order chi connectivity index (χ1) is 9.13. The van der Waals surface area contributed by atoms with Crippen molar-refractivity contribution < 1.29 is 9.53 Å². The highest BCUT2D eigenvalue weighted by molar-refractivity contribution is 7.14. The van der Waals surface area contributed by atoms with Crippen LogP contribution in [0.5, 0.6) is 10.8 Å². The van der Waals surface area contributed by atoms with Crippen LogP contribution in [0.3, 0.4) is 0 Å². The summed E-state index contributed by atoms with van der Waals surface area (Å²) >= 11 is 1.52. The second-order valence-electron chi connectivity index (χ2n) is 4.70. The summed E-state index contributed by atoms with van der Waals surface area (Å²) in [5.41, 5.74) is 1.32. The Morgan fingerprint density at radius 3 is 2.89 bits per heavy atom. The highest BCUT2D eigenvalue weighted by Crippen LogP contribution is 2.40. The van der Waals surface area contributed by atoms with Gasteiger partial charge in [-0.2, -0.15) is 0 Å². The summed E-state index contributed by atoms with van der Waals surface area (Å²) in [6.07, 6.45) is 0. The molecule has 98 valence electrons. The van der Waals surface area contributed by atoms with E-state index in [-0.39, 0.29) is 5.91 Å². The predicted molar refractivity (Wildman–Crippen MR) is 76.2 cm³/mol. The van der Waals surface area contributed by atoms with Crippen molar-refractivity contribution in [2.45, 2.75) is 6.54 Å². The highest BCUT2D eigenvalue weighted by atomic mass is 32.1. The topological polar surface area (TPSA) is 41.6 Å². The third-order valence-electron chi connectivity index (χ3n) is 2.80. The van der Waals surface area contributed by atoms with Crippen molar-refractivity contribution in [3.63, 3.8) is 0 Å². The molecule has 1 N–H and O–H groups in total. The number of thiophene rings is 1. The third kappa shape index (κ3) is 2.34. The molecule has 2 aromatic rings. The molecule has 1 aliphatic heterocycles. The molecule has 0 saturated carbocycles. The van der Waals surface area contributed by atoms with Crippen molar-refractivity contribution in [1.29, 1.82) is 0 Å². The van der Waals surface area contributed by atoms with Gasteiger partial charge in [0.25, 0.3) is 5.91 Å². The summed E-state index contributed by atoms with van der Waals surface area (Å²) < 4.78 is 5.85. The molecule has 3 rings (SSSR count). The van der Waals surface area contributed by atoms with Crippen LogP contribution in [0, 0.1) is 0 Å². The van der Waals surface area contributed by atoms with Gasteiger partial charge in [0, 0.05) is 11.4 Å². The molecule has 4 nitrogen and oxygen atoms in total. The zero-order valence-electron chi connectivity index (χ0n) is 10.8. The van der Waals surface area contributed by atoms with Gasteiger partial charge in [0.2, 0.25) is 0 Å². The molecule has 0 saturated heterocycles. The lowest BCUT2D eigenvalue weighted by atomic mass is 10.2. The lowest BCUT2D eigenvalue weighted by Gasteiger charge is -2.07. The molecule has 19 heavy (non-hydrogen) atoms. The summed E-state index contributed by atoms with van der Waals surface area (Å²) in [6.45, 7) is 0.802. The van der Waals surface area contributed by atoms with Crippen LogP contribution in [-0.4, -0.2) is 24.9 Å². The van der Waals surface area contributed by atoms with Crippen LogP contribution in [0.15, 0.2) is 30.3 Å². The predicted octanol–water partition coefficient (Wildman–Crippen LogP) is 3.17. The number of anilines is 1. The van der Waals surface area contributed by atoms with Crippen LogP contribution in [0.4, 0.5) is 5.69 Å². The largest absolute Gasteiger partial charge is 0.444 e. The Morgan fingerprint density at radius 1 is 1.32 bits per heavy atom. The maximum atomic E-state index is 12.2. The molecule has 0 radical (unpaired) electrons. The molecule has 1 aromatic heterocycles. The third-order valence-corrected chi connectivity index (χ3v) is 3.80. The molecule has 2 heterocycles. The Morgan fingerprint density at radius 2 is 2.11 bits per heavy atom. The lowest BCUT2D eigenvalue weighted by Crippen LogP contribution is -2.11. The number of carbonyl (C=O) groups excluding carboxylic acids is 1. The zero-order valence-corrected chi connectivity index (χ0v) is 11.6. The average molecular weight is 274 g/mol. The minimum Gasteiger partial charge on any atom is -0.444 e. The maximum Gasteiger partial charge on any atom is 0.260 e. The van der Waals surface area contributed by atoms with Gasteiger partial charge in [-0.3, -0.25) is 4.79 Å². The van der Waals surface area contributed by atoms with Crippen LogP contribution >= 0.6 is 11.3 Å². The number of nitrogens with zero attached hydrogens (tertiary/aromatic N) is 1. The van der Waals surface area contributed by atoms with E-state index in [1.54, 1.807) is 0 Å². The number of rotatable bonds is 2. The molecule has 1 aromatic carbocycles. The number of para-hydroxylation sites is 2. The van der Waals surface area contributed by atoms with Gasteiger partial charge >= 0.3 is 0 Å². The molecule has 0 spiro atoms. The van der Waals surface area contributed by atoms with Crippen molar-refractivity contribution in [2.75, 3.05) is 19.4 Å². The second-order valence-corrected chi connectivity index (χ2v) is 5.80. The Hall–Kier alpha value is -1.85. The molecule has 0 bridgehead atoms. The highest BCUT2D eigenvalue weighted by Gasteiger charge is 2.23.